The fraction of sp³-hybridized carbons (Fsp3) is 0.471. The zero-order chi connectivity index (χ0) is 13.6. The van der Waals surface area contributed by atoms with Crippen LogP contribution in [-0.2, 0) is 31.2 Å². The first-order valence-corrected chi connectivity index (χ1v) is 8.43. The van der Waals surface area contributed by atoms with E-state index in [2.05, 4.69) is 36.5 Å². The maximum Gasteiger partial charge on any atom is 0.114 e. The van der Waals surface area contributed by atoms with E-state index in [1.165, 1.54) is 46.0 Å². The molecule has 3 heteroatoms. The molecule has 0 aliphatic heterocycles. The number of benzene rings is 1. The van der Waals surface area contributed by atoms with Gasteiger partial charge in [-0.15, -0.1) is 11.3 Å². The number of nitrogens with zero attached hydrogens (tertiary/aromatic N) is 1. The van der Waals surface area contributed by atoms with Gasteiger partial charge < -0.3 is 5.32 Å². The SMILES string of the molecule is CCNC1(c2nc3c(s2)CCC3)Cc2ccccc2C1. The summed E-state index contributed by atoms with van der Waals surface area (Å²) in [5.41, 5.74) is 4.40. The molecular weight excluding hydrogens is 264 g/mol. The molecule has 0 saturated carbocycles. The molecule has 2 nitrogen and oxygen atoms in total. The third-order valence-electron chi connectivity index (χ3n) is 4.62. The van der Waals surface area contributed by atoms with Crippen molar-refractivity contribution in [3.05, 3.63) is 51.0 Å². The third-order valence-corrected chi connectivity index (χ3v) is 5.98. The predicted octanol–water partition coefficient (Wildman–Crippen LogP) is 3.24. The van der Waals surface area contributed by atoms with E-state index in [-0.39, 0.29) is 5.54 Å². The van der Waals surface area contributed by atoms with Crippen LogP contribution in [0.2, 0.25) is 0 Å². The maximum absolute atomic E-state index is 5.00. The molecule has 20 heavy (non-hydrogen) atoms. The molecule has 0 unspecified atom stereocenters. The van der Waals surface area contributed by atoms with Gasteiger partial charge >= 0.3 is 0 Å². The number of likely N-dealkylation sites (N-methyl/N-ethyl adjacent to an activating group) is 1. The van der Waals surface area contributed by atoms with Crippen LogP contribution >= 0.6 is 11.3 Å². The van der Waals surface area contributed by atoms with Gasteiger partial charge in [0.2, 0.25) is 0 Å². The van der Waals surface area contributed by atoms with E-state index in [0.29, 0.717) is 0 Å². The molecule has 1 aromatic carbocycles. The van der Waals surface area contributed by atoms with Gasteiger partial charge in [0.15, 0.2) is 0 Å². The number of aryl methyl sites for hydroxylation is 2. The lowest BCUT2D eigenvalue weighted by atomic mass is 9.96. The normalized spacial score (nSPS) is 19.1. The Balaban J connectivity index is 1.75. The zero-order valence-electron chi connectivity index (χ0n) is 11.9. The van der Waals surface area contributed by atoms with Crippen molar-refractivity contribution < 1.29 is 0 Å². The average Bonchev–Trinajstić information content (AvgIpc) is 3.10. The van der Waals surface area contributed by atoms with Crippen LogP contribution in [0, 0.1) is 0 Å². The van der Waals surface area contributed by atoms with E-state index >= 15 is 0 Å². The Kier molecular flexibility index (Phi) is 2.93. The van der Waals surface area contributed by atoms with Gasteiger partial charge in [0.1, 0.15) is 5.01 Å². The van der Waals surface area contributed by atoms with E-state index in [0.717, 1.165) is 19.4 Å². The van der Waals surface area contributed by atoms with Crippen LogP contribution in [0.5, 0.6) is 0 Å². The van der Waals surface area contributed by atoms with Crippen LogP contribution in [0.4, 0.5) is 0 Å². The van der Waals surface area contributed by atoms with Gasteiger partial charge in [-0.1, -0.05) is 31.2 Å². The van der Waals surface area contributed by atoms with E-state index in [4.69, 9.17) is 4.98 Å². The molecule has 0 bridgehead atoms. The van der Waals surface area contributed by atoms with Gasteiger partial charge in [-0.05, 0) is 49.8 Å². The molecule has 2 aromatic rings. The Morgan fingerprint density at radius 1 is 1.20 bits per heavy atom. The Bertz CT molecular complexity index is 598. The average molecular weight is 284 g/mol. The fourth-order valence-electron chi connectivity index (χ4n) is 3.70. The van der Waals surface area contributed by atoms with Crippen LogP contribution in [0.15, 0.2) is 24.3 Å². The molecule has 0 spiro atoms. The van der Waals surface area contributed by atoms with Crippen molar-refractivity contribution in [1.82, 2.24) is 10.3 Å². The highest BCUT2D eigenvalue weighted by Gasteiger charge is 2.41. The van der Waals surface area contributed by atoms with Gasteiger partial charge in [0.05, 0.1) is 11.2 Å². The first kappa shape index (κ1) is 12.5. The highest BCUT2D eigenvalue weighted by molar-refractivity contribution is 7.12. The summed E-state index contributed by atoms with van der Waals surface area (Å²) in [5, 5.41) is 5.08. The van der Waals surface area contributed by atoms with E-state index < -0.39 is 0 Å². The molecule has 104 valence electrons. The summed E-state index contributed by atoms with van der Waals surface area (Å²) in [7, 11) is 0. The third kappa shape index (κ3) is 1.84. The Morgan fingerprint density at radius 3 is 2.60 bits per heavy atom. The predicted molar refractivity (Wildman–Crippen MR) is 83.3 cm³/mol. The summed E-state index contributed by atoms with van der Waals surface area (Å²) in [6.45, 7) is 3.20. The monoisotopic (exact) mass is 284 g/mol. The number of hydrogen-bond acceptors (Lipinski definition) is 3. The van der Waals surface area contributed by atoms with Crippen LogP contribution in [-0.4, -0.2) is 11.5 Å². The van der Waals surface area contributed by atoms with Crippen LogP contribution in [0.25, 0.3) is 0 Å². The van der Waals surface area contributed by atoms with Gasteiger partial charge in [-0.2, -0.15) is 0 Å². The molecule has 1 aromatic heterocycles. The Morgan fingerprint density at radius 2 is 1.95 bits per heavy atom. The Labute approximate surface area is 124 Å². The summed E-state index contributed by atoms with van der Waals surface area (Å²) < 4.78 is 0. The van der Waals surface area contributed by atoms with E-state index in [1.54, 1.807) is 0 Å². The summed E-state index contributed by atoms with van der Waals surface area (Å²) in [5.74, 6) is 0. The molecule has 1 N–H and O–H groups in total. The lowest BCUT2D eigenvalue weighted by Crippen LogP contribution is -2.43. The van der Waals surface area contributed by atoms with Crippen molar-refractivity contribution in [3.8, 4) is 0 Å². The van der Waals surface area contributed by atoms with E-state index in [1.807, 2.05) is 11.3 Å². The smallest absolute Gasteiger partial charge is 0.114 e. The summed E-state index contributed by atoms with van der Waals surface area (Å²) in [4.78, 5) is 6.54. The molecule has 4 rings (SSSR count). The number of aromatic nitrogens is 1. The van der Waals surface area contributed by atoms with Gasteiger partial charge in [-0.25, -0.2) is 4.98 Å². The number of rotatable bonds is 3. The minimum absolute atomic E-state index is 0.0491. The van der Waals surface area contributed by atoms with Crippen molar-refractivity contribution >= 4 is 11.3 Å². The lowest BCUT2D eigenvalue weighted by molar-refractivity contribution is 0.356. The van der Waals surface area contributed by atoms with Crippen molar-refractivity contribution in [1.29, 1.82) is 0 Å². The fourth-order valence-corrected chi connectivity index (χ4v) is 5.01. The molecule has 2 aliphatic carbocycles. The highest BCUT2D eigenvalue weighted by atomic mass is 32.1. The molecule has 0 amide bonds. The highest BCUT2D eigenvalue weighted by Crippen LogP contribution is 2.41. The van der Waals surface area contributed by atoms with Crippen LogP contribution < -0.4 is 5.32 Å². The van der Waals surface area contributed by atoms with Crippen molar-refractivity contribution in [2.45, 2.75) is 44.6 Å². The van der Waals surface area contributed by atoms with Crippen molar-refractivity contribution in [2.24, 2.45) is 0 Å². The van der Waals surface area contributed by atoms with Crippen LogP contribution in [0.3, 0.4) is 0 Å². The zero-order valence-corrected chi connectivity index (χ0v) is 12.7. The second-order valence-corrected chi connectivity index (χ2v) is 7.06. The second-order valence-electron chi connectivity index (χ2n) is 5.98. The molecule has 0 fully saturated rings. The first-order chi connectivity index (χ1) is 9.81. The number of hydrogen-bond donors (Lipinski definition) is 1. The van der Waals surface area contributed by atoms with E-state index in [9.17, 15) is 0 Å². The number of thiazole rings is 1. The second kappa shape index (κ2) is 4.68. The molecule has 1 heterocycles. The van der Waals surface area contributed by atoms with Crippen LogP contribution in [0.1, 0.15) is 40.1 Å². The molecular formula is C17H20N2S. The van der Waals surface area contributed by atoms with Gasteiger partial charge in [0.25, 0.3) is 0 Å². The lowest BCUT2D eigenvalue weighted by Gasteiger charge is -2.28. The summed E-state index contributed by atoms with van der Waals surface area (Å²) >= 11 is 1.96. The molecule has 0 radical (unpaired) electrons. The Hall–Kier alpha value is -1.19. The molecule has 2 aliphatic rings. The maximum atomic E-state index is 5.00. The molecule has 0 saturated heterocycles. The van der Waals surface area contributed by atoms with Crippen molar-refractivity contribution in [3.63, 3.8) is 0 Å². The summed E-state index contributed by atoms with van der Waals surface area (Å²) in [6, 6.07) is 8.86. The minimum Gasteiger partial charge on any atom is -0.305 e. The topological polar surface area (TPSA) is 24.9 Å². The first-order valence-electron chi connectivity index (χ1n) is 7.61. The number of nitrogens with one attached hydrogen (secondary N) is 1. The largest absolute Gasteiger partial charge is 0.305 e. The molecule has 0 atom stereocenters. The van der Waals surface area contributed by atoms with Crippen molar-refractivity contribution in [2.75, 3.05) is 6.54 Å². The van der Waals surface area contributed by atoms with Gasteiger partial charge in [0, 0.05) is 4.88 Å². The van der Waals surface area contributed by atoms with Gasteiger partial charge in [-0.3, -0.25) is 0 Å². The standard InChI is InChI=1S/C17H20N2S/c1-2-18-17(10-12-6-3-4-7-13(12)11-17)16-19-14-8-5-9-15(14)20-16/h3-4,6-7,18H,2,5,8-11H2,1H3. The number of fused-ring (bicyclic) bond motifs is 2. The summed E-state index contributed by atoms with van der Waals surface area (Å²) in [6.07, 6.45) is 5.89. The minimum atomic E-state index is 0.0491. The quantitative estimate of drug-likeness (QED) is 0.936.